The van der Waals surface area contributed by atoms with Crippen molar-refractivity contribution in [3.05, 3.63) is 80.5 Å². The number of ether oxygens (including phenoxy) is 5. The Morgan fingerprint density at radius 3 is 2.32 bits per heavy atom. The molecule has 0 amide bonds. The lowest BCUT2D eigenvalue weighted by molar-refractivity contribution is 0.101. The van der Waals surface area contributed by atoms with E-state index in [1.165, 1.54) is 14.2 Å². The summed E-state index contributed by atoms with van der Waals surface area (Å²) in [6, 6.07) is 12.2. The first-order valence-corrected chi connectivity index (χ1v) is 11.1. The number of allylic oxidation sites excluding steroid dienone is 1. The van der Waals surface area contributed by atoms with Gasteiger partial charge in [0.1, 0.15) is 18.1 Å². The fourth-order valence-corrected chi connectivity index (χ4v) is 4.16. The molecule has 0 atom stereocenters. The van der Waals surface area contributed by atoms with Crippen molar-refractivity contribution in [1.29, 1.82) is 0 Å². The third kappa shape index (κ3) is 4.39. The van der Waals surface area contributed by atoms with E-state index < -0.39 is 0 Å². The molecule has 176 valence electrons. The minimum Gasteiger partial charge on any atom is -0.493 e. The van der Waals surface area contributed by atoms with Crippen molar-refractivity contribution in [2.45, 2.75) is 13.5 Å². The highest BCUT2D eigenvalue weighted by molar-refractivity contribution is 6.35. The summed E-state index contributed by atoms with van der Waals surface area (Å²) in [7, 11) is 4.58. The molecule has 6 nitrogen and oxygen atoms in total. The molecule has 0 saturated heterocycles. The highest BCUT2D eigenvalue weighted by Crippen LogP contribution is 2.43. The molecule has 0 spiro atoms. The second-order valence-electron chi connectivity index (χ2n) is 7.45. The Labute approximate surface area is 207 Å². The second kappa shape index (κ2) is 9.87. The van der Waals surface area contributed by atoms with Crippen LogP contribution in [0.2, 0.25) is 10.0 Å². The summed E-state index contributed by atoms with van der Waals surface area (Å²) in [5.41, 5.74) is 2.57. The Kier molecular flexibility index (Phi) is 6.91. The average Bonchev–Trinajstić information content (AvgIpc) is 3.15. The van der Waals surface area contributed by atoms with E-state index in [4.69, 9.17) is 46.9 Å². The maximum absolute atomic E-state index is 13.0. The number of hydrogen-bond acceptors (Lipinski definition) is 6. The monoisotopic (exact) mass is 500 g/mol. The summed E-state index contributed by atoms with van der Waals surface area (Å²) in [6.07, 6.45) is 1.62. The molecule has 0 saturated carbocycles. The molecule has 0 aromatic heterocycles. The zero-order valence-corrected chi connectivity index (χ0v) is 20.5. The molecule has 0 N–H and O–H groups in total. The predicted molar refractivity (Wildman–Crippen MR) is 131 cm³/mol. The van der Waals surface area contributed by atoms with E-state index in [9.17, 15) is 4.79 Å². The largest absolute Gasteiger partial charge is 0.493 e. The van der Waals surface area contributed by atoms with Crippen LogP contribution in [0.5, 0.6) is 28.7 Å². The quantitative estimate of drug-likeness (QED) is 0.344. The van der Waals surface area contributed by atoms with Crippen LogP contribution in [0.15, 0.2) is 48.2 Å². The molecule has 0 fully saturated rings. The molecule has 0 radical (unpaired) electrons. The molecule has 1 aliphatic rings. The van der Waals surface area contributed by atoms with E-state index in [-0.39, 0.29) is 18.1 Å². The Balaban J connectivity index is 1.62. The first-order chi connectivity index (χ1) is 16.4. The zero-order valence-electron chi connectivity index (χ0n) is 19.0. The summed E-state index contributed by atoms with van der Waals surface area (Å²) in [5, 5.41) is 1.08. The maximum Gasteiger partial charge on any atom is 0.231 e. The molecule has 3 aromatic carbocycles. The van der Waals surface area contributed by atoms with Crippen LogP contribution in [0, 0.1) is 6.92 Å². The molecule has 34 heavy (non-hydrogen) atoms. The fourth-order valence-electron chi connectivity index (χ4n) is 3.70. The number of methoxy groups -OCH3 is 3. The smallest absolute Gasteiger partial charge is 0.231 e. The number of Topliss-reactive ketones (excluding diaryl/α,β-unsaturated/α-hetero) is 1. The third-order valence-electron chi connectivity index (χ3n) is 5.46. The van der Waals surface area contributed by atoms with Crippen LogP contribution < -0.4 is 23.7 Å². The van der Waals surface area contributed by atoms with Gasteiger partial charge in [-0.3, -0.25) is 4.79 Å². The van der Waals surface area contributed by atoms with Crippen LogP contribution in [0.3, 0.4) is 0 Å². The Morgan fingerprint density at radius 1 is 0.912 bits per heavy atom. The van der Waals surface area contributed by atoms with Crippen molar-refractivity contribution in [2.75, 3.05) is 21.3 Å². The van der Waals surface area contributed by atoms with Crippen LogP contribution in [0.25, 0.3) is 6.08 Å². The fraction of sp³-hybridized carbons (Fsp3) is 0.192. The highest BCUT2D eigenvalue weighted by Gasteiger charge is 2.31. The third-order valence-corrected chi connectivity index (χ3v) is 6.04. The standard InChI is InChI=1S/C26H22Cl2O6/c1-14-20(33-13-16-5-7-17(27)12-19(16)28)10-8-18-23(29)22(34-24(14)18)11-15-6-9-21(30-2)26(32-4)25(15)31-3/h5-12H,13H2,1-4H3/b22-11-. The summed E-state index contributed by atoms with van der Waals surface area (Å²) < 4.78 is 28.2. The molecule has 4 rings (SSSR count). The number of ketones is 1. The Morgan fingerprint density at radius 2 is 1.65 bits per heavy atom. The van der Waals surface area contributed by atoms with Gasteiger partial charge in [-0.15, -0.1) is 0 Å². The Hall–Kier alpha value is -3.35. The van der Waals surface area contributed by atoms with E-state index in [0.29, 0.717) is 55.5 Å². The predicted octanol–water partition coefficient (Wildman–Crippen LogP) is 6.52. The summed E-state index contributed by atoms with van der Waals surface area (Å²) in [5.74, 6) is 2.35. The minimum absolute atomic E-state index is 0.168. The van der Waals surface area contributed by atoms with Gasteiger partial charge in [0.25, 0.3) is 0 Å². The maximum atomic E-state index is 13.0. The molecule has 1 heterocycles. The van der Waals surface area contributed by atoms with E-state index in [2.05, 4.69) is 0 Å². The van der Waals surface area contributed by atoms with Gasteiger partial charge in [-0.25, -0.2) is 0 Å². The molecular formula is C26H22Cl2O6. The molecule has 8 heteroatoms. The van der Waals surface area contributed by atoms with Gasteiger partial charge in [-0.05, 0) is 49.4 Å². The van der Waals surface area contributed by atoms with Crippen molar-refractivity contribution < 1.29 is 28.5 Å². The number of rotatable bonds is 7. The van der Waals surface area contributed by atoms with Crippen LogP contribution in [-0.4, -0.2) is 27.1 Å². The van der Waals surface area contributed by atoms with E-state index in [0.717, 1.165) is 5.56 Å². The number of carbonyl (C=O) groups is 1. The van der Waals surface area contributed by atoms with E-state index in [1.54, 1.807) is 49.6 Å². The average molecular weight is 501 g/mol. The SMILES string of the molecule is COc1ccc(/C=C2\Oc3c(ccc(OCc4ccc(Cl)cc4Cl)c3C)C2=O)c(OC)c1OC. The number of carbonyl (C=O) groups excluding carboxylic acids is 1. The Bertz CT molecular complexity index is 1300. The molecule has 1 aliphatic heterocycles. The van der Waals surface area contributed by atoms with Gasteiger partial charge < -0.3 is 23.7 Å². The topological polar surface area (TPSA) is 63.2 Å². The number of fused-ring (bicyclic) bond motifs is 1. The second-order valence-corrected chi connectivity index (χ2v) is 8.30. The van der Waals surface area contributed by atoms with Gasteiger partial charge in [0.05, 0.1) is 26.9 Å². The van der Waals surface area contributed by atoms with Gasteiger partial charge in [0.2, 0.25) is 11.5 Å². The van der Waals surface area contributed by atoms with Crippen LogP contribution in [-0.2, 0) is 6.61 Å². The summed E-state index contributed by atoms with van der Waals surface area (Å²) in [6.45, 7) is 2.08. The normalized spacial score (nSPS) is 13.5. The van der Waals surface area contributed by atoms with Gasteiger partial charge in [0, 0.05) is 26.7 Å². The van der Waals surface area contributed by atoms with Crippen LogP contribution >= 0.6 is 23.2 Å². The lowest BCUT2D eigenvalue weighted by atomic mass is 10.1. The van der Waals surface area contributed by atoms with E-state index in [1.807, 2.05) is 13.0 Å². The first-order valence-electron chi connectivity index (χ1n) is 10.3. The first kappa shape index (κ1) is 23.8. The number of halogens is 2. The molecule has 3 aromatic rings. The van der Waals surface area contributed by atoms with Gasteiger partial charge in [-0.1, -0.05) is 29.3 Å². The van der Waals surface area contributed by atoms with Crippen molar-refractivity contribution in [2.24, 2.45) is 0 Å². The van der Waals surface area contributed by atoms with Crippen molar-refractivity contribution in [3.63, 3.8) is 0 Å². The lowest BCUT2D eigenvalue weighted by Crippen LogP contribution is -2.00. The summed E-state index contributed by atoms with van der Waals surface area (Å²) >= 11 is 12.2. The van der Waals surface area contributed by atoms with Crippen LogP contribution in [0.1, 0.15) is 27.0 Å². The number of benzene rings is 3. The zero-order chi connectivity index (χ0) is 24.4. The van der Waals surface area contributed by atoms with Crippen molar-refractivity contribution in [1.82, 2.24) is 0 Å². The molecule has 0 aliphatic carbocycles. The molecule has 0 unspecified atom stereocenters. The summed E-state index contributed by atoms with van der Waals surface area (Å²) in [4.78, 5) is 13.0. The highest BCUT2D eigenvalue weighted by atomic mass is 35.5. The minimum atomic E-state index is -0.234. The van der Waals surface area contributed by atoms with E-state index >= 15 is 0 Å². The van der Waals surface area contributed by atoms with Gasteiger partial charge in [0.15, 0.2) is 17.3 Å². The lowest BCUT2D eigenvalue weighted by Gasteiger charge is -2.14. The van der Waals surface area contributed by atoms with Gasteiger partial charge in [-0.2, -0.15) is 0 Å². The number of hydrogen-bond donors (Lipinski definition) is 0. The van der Waals surface area contributed by atoms with Gasteiger partial charge >= 0.3 is 0 Å². The van der Waals surface area contributed by atoms with Crippen molar-refractivity contribution in [3.8, 4) is 28.7 Å². The van der Waals surface area contributed by atoms with Crippen LogP contribution in [0.4, 0.5) is 0 Å². The molecule has 0 bridgehead atoms. The van der Waals surface area contributed by atoms with Crippen molar-refractivity contribution >= 4 is 35.1 Å². The molecular weight excluding hydrogens is 479 g/mol.